The topological polar surface area (TPSA) is 32.3 Å². The largest absolute Gasteiger partial charge is 0.396 e. The predicted octanol–water partition coefficient (Wildman–Crippen LogP) is 0.368. The van der Waals surface area contributed by atoms with E-state index < -0.39 is 0 Å². The van der Waals surface area contributed by atoms with Gasteiger partial charge in [0.15, 0.2) is 0 Å². The minimum atomic E-state index is 0.377. The monoisotopic (exact) mass is 129 g/mol. The Morgan fingerprint density at radius 3 is 3.00 bits per heavy atom. The van der Waals surface area contributed by atoms with Crippen LogP contribution < -0.4 is 5.32 Å². The summed E-state index contributed by atoms with van der Waals surface area (Å²) in [6.45, 7) is 2.60. The second-order valence-corrected chi connectivity index (χ2v) is 2.73. The molecule has 0 aliphatic carbocycles. The van der Waals surface area contributed by atoms with Crippen LogP contribution in [-0.4, -0.2) is 24.8 Å². The maximum atomic E-state index is 8.79. The Balaban J connectivity index is 2.18. The van der Waals surface area contributed by atoms with Crippen LogP contribution in [0.3, 0.4) is 0 Å². The van der Waals surface area contributed by atoms with E-state index in [9.17, 15) is 0 Å². The van der Waals surface area contributed by atoms with Crippen LogP contribution in [0.25, 0.3) is 0 Å². The molecule has 0 aromatic heterocycles. The molecule has 1 heterocycles. The average molecular weight is 129 g/mol. The van der Waals surface area contributed by atoms with Crippen molar-refractivity contribution in [2.75, 3.05) is 19.7 Å². The van der Waals surface area contributed by atoms with Crippen molar-refractivity contribution < 1.29 is 5.11 Å². The molecule has 0 unspecified atom stereocenters. The molecule has 0 amide bonds. The summed E-state index contributed by atoms with van der Waals surface area (Å²) in [6, 6.07) is 0. The highest BCUT2D eigenvalue weighted by molar-refractivity contribution is 4.64. The lowest BCUT2D eigenvalue weighted by atomic mass is 10.0. The summed E-state index contributed by atoms with van der Waals surface area (Å²) in [5.41, 5.74) is 0. The number of aliphatic hydroxyl groups is 1. The molecule has 1 aliphatic heterocycles. The zero-order chi connectivity index (χ0) is 6.53. The summed E-state index contributed by atoms with van der Waals surface area (Å²) in [6.07, 6.45) is 3.57. The first-order valence-corrected chi connectivity index (χ1v) is 3.75. The van der Waals surface area contributed by atoms with E-state index in [2.05, 4.69) is 5.32 Å². The minimum absolute atomic E-state index is 0.377. The van der Waals surface area contributed by atoms with E-state index in [-0.39, 0.29) is 0 Å². The third-order valence-electron chi connectivity index (χ3n) is 1.95. The summed E-state index contributed by atoms with van der Waals surface area (Å²) in [5.74, 6) is 0.569. The second kappa shape index (κ2) is 3.85. The molecule has 1 rings (SSSR count). The van der Waals surface area contributed by atoms with Gasteiger partial charge in [-0.25, -0.2) is 0 Å². The summed E-state index contributed by atoms with van der Waals surface area (Å²) >= 11 is 0. The van der Waals surface area contributed by atoms with Crippen LogP contribution in [0.15, 0.2) is 0 Å². The Bertz CT molecular complexity index is 67.3. The molecule has 2 heteroatoms. The maximum absolute atomic E-state index is 8.79. The third kappa shape index (κ3) is 2.33. The first-order valence-electron chi connectivity index (χ1n) is 3.75. The van der Waals surface area contributed by atoms with Gasteiger partial charge in [0, 0.05) is 6.61 Å². The fourth-order valence-corrected chi connectivity index (χ4v) is 1.27. The number of aliphatic hydroxyl groups excluding tert-OH is 1. The molecule has 0 bridgehead atoms. The van der Waals surface area contributed by atoms with Crippen molar-refractivity contribution in [2.45, 2.75) is 19.3 Å². The van der Waals surface area contributed by atoms with Gasteiger partial charge in [-0.05, 0) is 38.3 Å². The number of hydrogen-bond acceptors (Lipinski definition) is 2. The lowest BCUT2D eigenvalue weighted by Crippen LogP contribution is -2.14. The van der Waals surface area contributed by atoms with Gasteiger partial charge in [-0.15, -0.1) is 0 Å². The summed E-state index contributed by atoms with van der Waals surface area (Å²) < 4.78 is 0. The first kappa shape index (κ1) is 7.03. The summed E-state index contributed by atoms with van der Waals surface area (Å²) in [4.78, 5) is 0. The Kier molecular flexibility index (Phi) is 3.01. The Hall–Kier alpha value is -0.0800. The molecule has 0 saturated carbocycles. The van der Waals surface area contributed by atoms with Gasteiger partial charge in [0.05, 0.1) is 0 Å². The van der Waals surface area contributed by atoms with E-state index in [1.165, 1.54) is 12.8 Å². The van der Waals surface area contributed by atoms with E-state index >= 15 is 0 Å². The van der Waals surface area contributed by atoms with Crippen molar-refractivity contribution in [2.24, 2.45) is 5.92 Å². The number of nitrogens with one attached hydrogen (secondary N) is 1. The van der Waals surface area contributed by atoms with Gasteiger partial charge in [0.2, 0.25) is 0 Å². The highest BCUT2D eigenvalue weighted by atomic mass is 16.3. The molecule has 9 heavy (non-hydrogen) atoms. The molecule has 2 N–H and O–H groups in total. The third-order valence-corrected chi connectivity index (χ3v) is 1.95. The zero-order valence-electron chi connectivity index (χ0n) is 5.77. The zero-order valence-corrected chi connectivity index (χ0v) is 5.77. The minimum Gasteiger partial charge on any atom is -0.396 e. The predicted molar refractivity (Wildman–Crippen MR) is 37.3 cm³/mol. The van der Waals surface area contributed by atoms with Crippen LogP contribution in [0.2, 0.25) is 0 Å². The van der Waals surface area contributed by atoms with Crippen molar-refractivity contribution in [3.8, 4) is 0 Å². The SMILES string of the molecule is OC[C@@H]1CCCNCC1. The van der Waals surface area contributed by atoms with Gasteiger partial charge in [-0.3, -0.25) is 0 Å². The van der Waals surface area contributed by atoms with Crippen LogP contribution in [0.1, 0.15) is 19.3 Å². The van der Waals surface area contributed by atoms with Crippen molar-refractivity contribution in [1.82, 2.24) is 5.32 Å². The number of rotatable bonds is 1. The van der Waals surface area contributed by atoms with Crippen LogP contribution in [0.5, 0.6) is 0 Å². The maximum Gasteiger partial charge on any atom is 0.0459 e. The molecule has 54 valence electrons. The smallest absolute Gasteiger partial charge is 0.0459 e. The van der Waals surface area contributed by atoms with Crippen molar-refractivity contribution in [1.29, 1.82) is 0 Å². The fraction of sp³-hybridized carbons (Fsp3) is 1.00. The lowest BCUT2D eigenvalue weighted by Gasteiger charge is -2.07. The summed E-state index contributed by atoms with van der Waals surface area (Å²) in [7, 11) is 0. The van der Waals surface area contributed by atoms with Crippen molar-refractivity contribution >= 4 is 0 Å². The van der Waals surface area contributed by atoms with Gasteiger partial charge >= 0.3 is 0 Å². The van der Waals surface area contributed by atoms with E-state index in [1.807, 2.05) is 0 Å². The van der Waals surface area contributed by atoms with E-state index in [0.29, 0.717) is 12.5 Å². The van der Waals surface area contributed by atoms with Crippen LogP contribution >= 0.6 is 0 Å². The lowest BCUT2D eigenvalue weighted by molar-refractivity contribution is 0.215. The Labute approximate surface area is 56.3 Å². The van der Waals surface area contributed by atoms with Gasteiger partial charge in [-0.1, -0.05) is 0 Å². The van der Waals surface area contributed by atoms with Crippen molar-refractivity contribution in [3.63, 3.8) is 0 Å². The molecule has 1 aliphatic rings. The van der Waals surface area contributed by atoms with Crippen LogP contribution in [0, 0.1) is 5.92 Å². The van der Waals surface area contributed by atoms with E-state index in [1.54, 1.807) is 0 Å². The average Bonchev–Trinajstić information content (AvgIpc) is 2.13. The van der Waals surface area contributed by atoms with Crippen molar-refractivity contribution in [3.05, 3.63) is 0 Å². The molecule has 0 spiro atoms. The molecule has 0 aromatic rings. The second-order valence-electron chi connectivity index (χ2n) is 2.73. The van der Waals surface area contributed by atoms with Gasteiger partial charge in [-0.2, -0.15) is 0 Å². The molecule has 2 nitrogen and oxygen atoms in total. The first-order chi connectivity index (χ1) is 4.43. The standard InChI is InChI=1S/C7H15NO/c9-6-7-2-1-4-8-5-3-7/h7-9H,1-6H2/t7-/m1/s1. The molecule has 0 aromatic carbocycles. The fourth-order valence-electron chi connectivity index (χ4n) is 1.27. The van der Waals surface area contributed by atoms with Gasteiger partial charge in [0.25, 0.3) is 0 Å². The van der Waals surface area contributed by atoms with Crippen LogP contribution in [0.4, 0.5) is 0 Å². The highest BCUT2D eigenvalue weighted by Gasteiger charge is 2.09. The van der Waals surface area contributed by atoms with Gasteiger partial charge < -0.3 is 10.4 Å². The van der Waals surface area contributed by atoms with E-state index in [4.69, 9.17) is 5.11 Å². The van der Waals surface area contributed by atoms with Crippen LogP contribution in [-0.2, 0) is 0 Å². The normalized spacial score (nSPS) is 29.7. The van der Waals surface area contributed by atoms with E-state index in [0.717, 1.165) is 19.5 Å². The molecular formula is C7H15NO. The quantitative estimate of drug-likeness (QED) is 0.536. The molecule has 0 radical (unpaired) electrons. The molecular weight excluding hydrogens is 114 g/mol. The number of hydrogen-bond donors (Lipinski definition) is 2. The Morgan fingerprint density at radius 2 is 2.22 bits per heavy atom. The van der Waals surface area contributed by atoms with Gasteiger partial charge in [0.1, 0.15) is 0 Å². The molecule has 1 atom stereocenters. The highest BCUT2D eigenvalue weighted by Crippen LogP contribution is 2.11. The summed E-state index contributed by atoms with van der Waals surface area (Å²) in [5, 5.41) is 12.1. The molecule has 1 fully saturated rings. The Morgan fingerprint density at radius 1 is 1.33 bits per heavy atom. The molecule has 1 saturated heterocycles.